The summed E-state index contributed by atoms with van der Waals surface area (Å²) in [4.78, 5) is 21.5. The van der Waals surface area contributed by atoms with Gasteiger partial charge in [-0.15, -0.1) is 0 Å². The van der Waals surface area contributed by atoms with Crippen molar-refractivity contribution in [3.05, 3.63) is 12.2 Å². The molecule has 0 bridgehead atoms. The molecule has 10 heavy (non-hydrogen) atoms. The Morgan fingerprint density at radius 2 is 1.30 bits per heavy atom. The molecule has 0 N–H and O–H groups in total. The molecule has 0 amide bonds. The predicted molar refractivity (Wildman–Crippen MR) is 37.6 cm³/mol. The highest BCUT2D eigenvalue weighted by atomic mass is 16.1. The number of hydrogen-bond donors (Lipinski definition) is 0. The van der Waals surface area contributed by atoms with Crippen LogP contribution in [-0.2, 0) is 9.59 Å². The van der Waals surface area contributed by atoms with E-state index in [1.807, 2.05) is 0 Å². The van der Waals surface area contributed by atoms with Crippen LogP contribution in [0.25, 0.3) is 0 Å². The normalized spacial score (nSPS) is 20.4. The number of rotatable bonds is 0. The maximum atomic E-state index is 10.7. The molecule has 0 aromatic rings. The van der Waals surface area contributed by atoms with E-state index in [0.29, 0.717) is 12.8 Å². The van der Waals surface area contributed by atoms with Crippen molar-refractivity contribution >= 4 is 11.6 Å². The van der Waals surface area contributed by atoms with Gasteiger partial charge in [-0.25, -0.2) is 0 Å². The first-order chi connectivity index (χ1) is 4.79. The van der Waals surface area contributed by atoms with Crippen LogP contribution in [-0.4, -0.2) is 11.6 Å². The molecular weight excluding hydrogens is 128 g/mol. The zero-order chi connectivity index (χ0) is 7.40. The number of carbonyl (C=O) groups is 2. The highest BCUT2D eigenvalue weighted by Gasteiger charge is 2.04. The summed E-state index contributed by atoms with van der Waals surface area (Å²) < 4.78 is 0. The predicted octanol–water partition coefficient (Wildman–Crippen LogP) is 1.25. The van der Waals surface area contributed by atoms with Crippen molar-refractivity contribution in [2.24, 2.45) is 0 Å². The average Bonchev–Trinajstić information content (AvgIpc) is 1.90. The minimum Gasteiger partial charge on any atom is -0.295 e. The van der Waals surface area contributed by atoms with Gasteiger partial charge in [0.25, 0.3) is 0 Å². The van der Waals surface area contributed by atoms with E-state index in [1.54, 1.807) is 0 Å². The van der Waals surface area contributed by atoms with Gasteiger partial charge >= 0.3 is 0 Å². The number of carbonyl (C=O) groups excluding carboxylic acids is 2. The van der Waals surface area contributed by atoms with Gasteiger partial charge in [0.2, 0.25) is 0 Å². The molecule has 0 aromatic carbocycles. The summed E-state index contributed by atoms with van der Waals surface area (Å²) in [6.07, 6.45) is 5.69. The van der Waals surface area contributed by atoms with Crippen LogP contribution in [0, 0.1) is 0 Å². The highest BCUT2D eigenvalue weighted by molar-refractivity contribution is 5.99. The third kappa shape index (κ3) is 2.13. The molecule has 1 aliphatic carbocycles. The van der Waals surface area contributed by atoms with Crippen molar-refractivity contribution < 1.29 is 9.59 Å². The third-order valence-electron chi connectivity index (χ3n) is 1.55. The summed E-state index contributed by atoms with van der Waals surface area (Å²) in [6, 6.07) is 0. The SMILES string of the molecule is O=C1C=CC(=O)CCCC1. The van der Waals surface area contributed by atoms with Gasteiger partial charge in [-0.1, -0.05) is 0 Å². The summed E-state index contributed by atoms with van der Waals surface area (Å²) in [7, 11) is 0. The van der Waals surface area contributed by atoms with E-state index >= 15 is 0 Å². The number of allylic oxidation sites excluding steroid dienone is 2. The van der Waals surface area contributed by atoms with Crippen LogP contribution in [0.4, 0.5) is 0 Å². The second-order valence-electron chi connectivity index (χ2n) is 2.47. The molecule has 0 saturated heterocycles. The van der Waals surface area contributed by atoms with E-state index in [-0.39, 0.29) is 11.6 Å². The molecule has 0 fully saturated rings. The van der Waals surface area contributed by atoms with E-state index < -0.39 is 0 Å². The molecule has 2 nitrogen and oxygen atoms in total. The molecule has 0 unspecified atom stereocenters. The van der Waals surface area contributed by atoms with Crippen molar-refractivity contribution in [1.82, 2.24) is 0 Å². The van der Waals surface area contributed by atoms with Crippen molar-refractivity contribution in [2.75, 3.05) is 0 Å². The summed E-state index contributed by atoms with van der Waals surface area (Å²) in [5.41, 5.74) is 0. The lowest BCUT2D eigenvalue weighted by atomic mass is 10.0. The standard InChI is InChI=1S/C8H10O2/c9-7-3-1-2-4-8(10)6-5-7/h5-6H,1-4H2. The molecule has 0 aliphatic heterocycles. The first kappa shape index (κ1) is 7.19. The number of hydrogen-bond acceptors (Lipinski definition) is 2. The van der Waals surface area contributed by atoms with Crippen LogP contribution in [0.5, 0.6) is 0 Å². The molecule has 0 saturated carbocycles. The molecule has 0 aromatic heterocycles. The maximum absolute atomic E-state index is 10.7. The second kappa shape index (κ2) is 3.30. The molecule has 2 heteroatoms. The fourth-order valence-corrected chi connectivity index (χ4v) is 0.951. The first-order valence-corrected chi connectivity index (χ1v) is 3.53. The lowest BCUT2D eigenvalue weighted by molar-refractivity contribution is -0.117. The Morgan fingerprint density at radius 3 is 1.70 bits per heavy atom. The topological polar surface area (TPSA) is 34.1 Å². The second-order valence-corrected chi connectivity index (χ2v) is 2.47. The van der Waals surface area contributed by atoms with Crippen molar-refractivity contribution in [2.45, 2.75) is 25.7 Å². The average molecular weight is 138 g/mol. The number of ketones is 2. The third-order valence-corrected chi connectivity index (χ3v) is 1.55. The Morgan fingerprint density at radius 1 is 0.900 bits per heavy atom. The first-order valence-electron chi connectivity index (χ1n) is 3.53. The van der Waals surface area contributed by atoms with Gasteiger partial charge in [0.1, 0.15) is 0 Å². The van der Waals surface area contributed by atoms with Gasteiger partial charge in [0.05, 0.1) is 0 Å². The highest BCUT2D eigenvalue weighted by Crippen LogP contribution is 2.05. The van der Waals surface area contributed by atoms with Crippen molar-refractivity contribution in [1.29, 1.82) is 0 Å². The minimum absolute atomic E-state index is 0.0769. The van der Waals surface area contributed by atoms with Gasteiger partial charge in [-0.2, -0.15) is 0 Å². The van der Waals surface area contributed by atoms with E-state index in [1.165, 1.54) is 12.2 Å². The summed E-state index contributed by atoms with van der Waals surface area (Å²) in [5.74, 6) is 0.154. The van der Waals surface area contributed by atoms with Crippen LogP contribution in [0.3, 0.4) is 0 Å². The van der Waals surface area contributed by atoms with Crippen molar-refractivity contribution in [3.8, 4) is 0 Å². The van der Waals surface area contributed by atoms with Crippen molar-refractivity contribution in [3.63, 3.8) is 0 Å². The Bertz CT molecular complexity index is 160. The minimum atomic E-state index is 0.0769. The summed E-state index contributed by atoms with van der Waals surface area (Å²) in [6.45, 7) is 0. The smallest absolute Gasteiger partial charge is 0.155 e. The molecule has 0 spiro atoms. The van der Waals surface area contributed by atoms with Crippen LogP contribution in [0.1, 0.15) is 25.7 Å². The lowest BCUT2D eigenvalue weighted by Crippen LogP contribution is -2.01. The fourth-order valence-electron chi connectivity index (χ4n) is 0.951. The molecule has 0 radical (unpaired) electrons. The summed E-state index contributed by atoms with van der Waals surface area (Å²) in [5, 5.41) is 0. The van der Waals surface area contributed by atoms with Crippen LogP contribution >= 0.6 is 0 Å². The maximum Gasteiger partial charge on any atom is 0.155 e. The van der Waals surface area contributed by atoms with E-state index in [0.717, 1.165) is 12.8 Å². The van der Waals surface area contributed by atoms with E-state index in [4.69, 9.17) is 0 Å². The Balaban J connectivity index is 2.58. The summed E-state index contributed by atoms with van der Waals surface area (Å²) >= 11 is 0. The fraction of sp³-hybridized carbons (Fsp3) is 0.500. The van der Waals surface area contributed by atoms with Gasteiger partial charge in [0.15, 0.2) is 11.6 Å². The largest absolute Gasteiger partial charge is 0.295 e. The van der Waals surface area contributed by atoms with E-state index in [9.17, 15) is 9.59 Å². The monoisotopic (exact) mass is 138 g/mol. The molecule has 54 valence electrons. The van der Waals surface area contributed by atoms with E-state index in [2.05, 4.69) is 0 Å². The molecule has 1 rings (SSSR count). The molecule has 0 atom stereocenters. The van der Waals surface area contributed by atoms with Crippen LogP contribution in [0.15, 0.2) is 12.2 Å². The zero-order valence-corrected chi connectivity index (χ0v) is 5.80. The lowest BCUT2D eigenvalue weighted by Gasteiger charge is -1.99. The zero-order valence-electron chi connectivity index (χ0n) is 5.80. The Labute approximate surface area is 59.9 Å². The van der Waals surface area contributed by atoms with Gasteiger partial charge in [0, 0.05) is 12.8 Å². The van der Waals surface area contributed by atoms with Crippen LogP contribution in [0.2, 0.25) is 0 Å². The molecular formula is C8H10O2. The van der Waals surface area contributed by atoms with Crippen LogP contribution < -0.4 is 0 Å². The quantitative estimate of drug-likeness (QED) is 0.505. The van der Waals surface area contributed by atoms with Gasteiger partial charge in [-0.3, -0.25) is 9.59 Å². The van der Waals surface area contributed by atoms with Gasteiger partial charge < -0.3 is 0 Å². The van der Waals surface area contributed by atoms with Gasteiger partial charge in [-0.05, 0) is 25.0 Å². The molecule has 0 heterocycles. The molecule has 1 aliphatic rings. The Kier molecular flexibility index (Phi) is 2.37. The Hall–Kier alpha value is -0.920.